The van der Waals surface area contributed by atoms with Gasteiger partial charge in [0.2, 0.25) is 0 Å². The topological polar surface area (TPSA) is 84.3 Å². The molecule has 80 valence electrons. The molecule has 2 rings (SSSR count). The molecule has 1 aromatic carbocycles. The largest absolute Gasteiger partial charge is 0.336 e. The summed E-state index contributed by atoms with van der Waals surface area (Å²) in [6, 6.07) is 7.89. The van der Waals surface area contributed by atoms with E-state index >= 15 is 0 Å². The summed E-state index contributed by atoms with van der Waals surface area (Å²) < 4.78 is 0. The van der Waals surface area contributed by atoms with Gasteiger partial charge in [-0.25, -0.2) is 4.79 Å². The van der Waals surface area contributed by atoms with Gasteiger partial charge in [0.25, 0.3) is 5.69 Å². The van der Waals surface area contributed by atoms with Crippen LogP contribution in [0.4, 0.5) is 10.5 Å². The molecule has 6 heteroatoms. The minimum Gasteiger partial charge on any atom is -0.336 e. The number of nitrogens with zero attached hydrogens (tertiary/aromatic N) is 1. The van der Waals surface area contributed by atoms with Crippen molar-refractivity contribution in [2.24, 2.45) is 0 Å². The van der Waals surface area contributed by atoms with E-state index in [0.717, 1.165) is 13.1 Å². The monoisotopic (exact) mass is 209 g/mol. The number of hydrogen-bond acceptors (Lipinski definition) is 3. The Morgan fingerprint density at radius 2 is 1.67 bits per heavy atom. The van der Waals surface area contributed by atoms with E-state index in [2.05, 4.69) is 10.6 Å². The van der Waals surface area contributed by atoms with E-state index in [1.54, 1.807) is 18.2 Å². The number of para-hydroxylation sites is 1. The van der Waals surface area contributed by atoms with E-state index in [-0.39, 0.29) is 11.7 Å². The highest BCUT2D eigenvalue weighted by atomic mass is 16.6. The molecule has 0 aromatic heterocycles. The third-order valence-corrected chi connectivity index (χ3v) is 1.66. The van der Waals surface area contributed by atoms with Gasteiger partial charge in [-0.3, -0.25) is 10.1 Å². The zero-order valence-corrected chi connectivity index (χ0v) is 7.97. The summed E-state index contributed by atoms with van der Waals surface area (Å²) in [5.41, 5.74) is 0.137. The van der Waals surface area contributed by atoms with Gasteiger partial charge in [0.15, 0.2) is 0 Å². The molecule has 1 aliphatic rings. The number of nitrogens with one attached hydrogen (secondary N) is 2. The van der Waals surface area contributed by atoms with Gasteiger partial charge in [0, 0.05) is 25.2 Å². The smallest absolute Gasteiger partial charge is 0.314 e. The number of nitro groups is 1. The van der Waals surface area contributed by atoms with Gasteiger partial charge in [-0.05, 0) is 0 Å². The Labute approximate surface area is 86.4 Å². The second kappa shape index (κ2) is 5.58. The lowest BCUT2D eigenvalue weighted by atomic mass is 10.3. The molecule has 2 N–H and O–H groups in total. The number of nitro benzene ring substituents is 1. The Hall–Kier alpha value is -2.11. The first-order chi connectivity index (χ1) is 7.20. The molecule has 0 unspecified atom stereocenters. The van der Waals surface area contributed by atoms with E-state index in [9.17, 15) is 14.9 Å². The summed E-state index contributed by atoms with van der Waals surface area (Å²) in [6.45, 7) is 1.55. The van der Waals surface area contributed by atoms with Crippen molar-refractivity contribution in [3.05, 3.63) is 40.4 Å². The summed E-state index contributed by atoms with van der Waals surface area (Å²) in [5.74, 6) is 0. The van der Waals surface area contributed by atoms with Crippen LogP contribution in [0.15, 0.2) is 30.3 Å². The minimum atomic E-state index is -0.417. The number of rotatable bonds is 1. The van der Waals surface area contributed by atoms with Crippen molar-refractivity contribution in [1.29, 1.82) is 0 Å². The summed E-state index contributed by atoms with van der Waals surface area (Å²) in [5, 5.41) is 15.1. The molecule has 15 heavy (non-hydrogen) atoms. The predicted molar refractivity (Wildman–Crippen MR) is 54.5 cm³/mol. The Morgan fingerprint density at radius 1 is 1.13 bits per heavy atom. The van der Waals surface area contributed by atoms with Crippen LogP contribution >= 0.6 is 0 Å². The van der Waals surface area contributed by atoms with Crippen molar-refractivity contribution >= 4 is 11.7 Å². The summed E-state index contributed by atoms with van der Waals surface area (Å²) >= 11 is 0. The van der Waals surface area contributed by atoms with Gasteiger partial charge in [-0.1, -0.05) is 18.2 Å². The van der Waals surface area contributed by atoms with Crippen molar-refractivity contribution < 1.29 is 9.72 Å². The van der Waals surface area contributed by atoms with Gasteiger partial charge in [0.05, 0.1) is 4.92 Å². The normalized spacial score (nSPS) is 13.2. The maximum Gasteiger partial charge on any atom is 0.314 e. The molecule has 1 saturated heterocycles. The fourth-order valence-electron chi connectivity index (χ4n) is 0.964. The summed E-state index contributed by atoms with van der Waals surface area (Å²) in [7, 11) is 0. The van der Waals surface area contributed by atoms with Crippen LogP contribution in [0.2, 0.25) is 0 Å². The van der Waals surface area contributed by atoms with Crippen LogP contribution < -0.4 is 10.6 Å². The lowest BCUT2D eigenvalue weighted by Gasteiger charge is -1.85. The Bertz CT molecular complexity index is 332. The molecule has 0 spiro atoms. The zero-order valence-electron chi connectivity index (χ0n) is 7.97. The van der Waals surface area contributed by atoms with Crippen LogP contribution in [0.5, 0.6) is 0 Å². The second-order valence-electron chi connectivity index (χ2n) is 2.78. The van der Waals surface area contributed by atoms with E-state index in [1.165, 1.54) is 12.1 Å². The summed E-state index contributed by atoms with van der Waals surface area (Å²) in [6.07, 6.45) is 0. The highest BCUT2D eigenvalue weighted by molar-refractivity contribution is 5.75. The molecule has 1 heterocycles. The van der Waals surface area contributed by atoms with Crippen LogP contribution in [0.3, 0.4) is 0 Å². The molecule has 1 fully saturated rings. The maximum absolute atomic E-state index is 10.0. The molecule has 0 saturated carbocycles. The van der Waals surface area contributed by atoms with Crippen LogP contribution in [0, 0.1) is 10.1 Å². The summed E-state index contributed by atoms with van der Waals surface area (Å²) in [4.78, 5) is 19.6. The number of benzene rings is 1. The van der Waals surface area contributed by atoms with Crippen LogP contribution in [0.25, 0.3) is 0 Å². The number of carbonyl (C=O) groups excluding carboxylic acids is 1. The first-order valence-electron chi connectivity index (χ1n) is 4.41. The van der Waals surface area contributed by atoms with Gasteiger partial charge in [-0.15, -0.1) is 0 Å². The average Bonchev–Trinajstić information content (AvgIpc) is 2.71. The predicted octanol–water partition coefficient (Wildman–Crippen LogP) is 0.894. The van der Waals surface area contributed by atoms with Crippen molar-refractivity contribution in [3.63, 3.8) is 0 Å². The van der Waals surface area contributed by atoms with Crippen molar-refractivity contribution in [3.8, 4) is 0 Å². The van der Waals surface area contributed by atoms with E-state index in [1.807, 2.05) is 0 Å². The molecule has 0 atom stereocenters. The number of hydrogen-bond donors (Lipinski definition) is 2. The first-order valence-corrected chi connectivity index (χ1v) is 4.41. The van der Waals surface area contributed by atoms with Gasteiger partial charge < -0.3 is 10.6 Å². The van der Waals surface area contributed by atoms with Gasteiger partial charge in [0.1, 0.15) is 0 Å². The van der Waals surface area contributed by atoms with Gasteiger partial charge in [-0.2, -0.15) is 0 Å². The SMILES string of the molecule is O=C1NCCN1.O=[N+]([O-])c1ccccc1. The molecule has 0 radical (unpaired) electrons. The zero-order chi connectivity index (χ0) is 11.1. The molecular weight excluding hydrogens is 198 g/mol. The van der Waals surface area contributed by atoms with Crippen LogP contribution in [-0.2, 0) is 0 Å². The molecule has 1 aromatic rings. The van der Waals surface area contributed by atoms with E-state index < -0.39 is 4.92 Å². The van der Waals surface area contributed by atoms with Crippen LogP contribution in [-0.4, -0.2) is 24.0 Å². The number of non-ortho nitro benzene ring substituents is 1. The Balaban J connectivity index is 0.000000162. The van der Waals surface area contributed by atoms with Crippen LogP contribution in [0.1, 0.15) is 0 Å². The average molecular weight is 209 g/mol. The maximum atomic E-state index is 10.0. The molecular formula is C9H11N3O3. The van der Waals surface area contributed by atoms with Crippen molar-refractivity contribution in [1.82, 2.24) is 10.6 Å². The lowest BCUT2D eigenvalue weighted by molar-refractivity contribution is -0.384. The Morgan fingerprint density at radius 3 is 1.93 bits per heavy atom. The quantitative estimate of drug-likeness (QED) is 0.532. The number of amides is 2. The molecule has 0 aliphatic carbocycles. The second-order valence-corrected chi connectivity index (χ2v) is 2.78. The minimum absolute atomic E-state index is 0.0463. The lowest BCUT2D eigenvalue weighted by Crippen LogP contribution is -2.20. The standard InChI is InChI=1S/C6H5NO2.C3H6N2O/c8-7(9)6-4-2-1-3-5-6;6-3-4-1-2-5-3/h1-5H;1-2H2,(H2,4,5,6). The molecule has 2 amide bonds. The van der Waals surface area contributed by atoms with Crippen molar-refractivity contribution in [2.45, 2.75) is 0 Å². The molecule has 1 aliphatic heterocycles. The molecule has 0 bridgehead atoms. The highest BCUT2D eigenvalue weighted by Crippen LogP contribution is 2.06. The molecule has 6 nitrogen and oxygen atoms in total. The van der Waals surface area contributed by atoms with Crippen molar-refractivity contribution in [2.75, 3.05) is 13.1 Å². The van der Waals surface area contributed by atoms with E-state index in [4.69, 9.17) is 0 Å². The third-order valence-electron chi connectivity index (χ3n) is 1.66. The van der Waals surface area contributed by atoms with Gasteiger partial charge >= 0.3 is 6.03 Å². The fraction of sp³-hybridized carbons (Fsp3) is 0.222. The number of urea groups is 1. The highest BCUT2D eigenvalue weighted by Gasteiger charge is 2.03. The Kier molecular flexibility index (Phi) is 4.08. The van der Waals surface area contributed by atoms with E-state index in [0.29, 0.717) is 0 Å². The third kappa shape index (κ3) is 4.08. The fourth-order valence-corrected chi connectivity index (χ4v) is 0.964. The first kappa shape index (κ1) is 11.0. The number of carbonyl (C=O) groups is 1.